The van der Waals surface area contributed by atoms with Gasteiger partial charge in [0.2, 0.25) is 5.91 Å². The van der Waals surface area contributed by atoms with E-state index in [-0.39, 0.29) is 11.3 Å². The van der Waals surface area contributed by atoms with Crippen LogP contribution in [0.2, 0.25) is 0 Å². The minimum atomic E-state index is -0.274. The van der Waals surface area contributed by atoms with E-state index in [9.17, 15) is 4.79 Å². The van der Waals surface area contributed by atoms with Gasteiger partial charge in [0.25, 0.3) is 0 Å². The number of ether oxygens (including phenoxy) is 1. The maximum atomic E-state index is 11.9. The molecule has 1 aliphatic carbocycles. The molecule has 4 rings (SSSR count). The van der Waals surface area contributed by atoms with Crippen LogP contribution in [-0.4, -0.2) is 29.1 Å². The molecule has 2 fully saturated rings. The third-order valence-corrected chi connectivity index (χ3v) is 4.33. The largest absolute Gasteiger partial charge is 0.381 e. The molecule has 1 spiro atoms. The van der Waals surface area contributed by atoms with Gasteiger partial charge in [0.05, 0.1) is 5.41 Å². The maximum Gasteiger partial charge on any atom is 0.236 e. The van der Waals surface area contributed by atoms with Crippen molar-refractivity contribution in [2.24, 2.45) is 0 Å². The predicted molar refractivity (Wildman–Crippen MR) is 64.4 cm³/mol. The van der Waals surface area contributed by atoms with E-state index in [2.05, 4.69) is 15.3 Å². The molecule has 1 amide bonds. The second-order valence-electron chi connectivity index (χ2n) is 5.41. The van der Waals surface area contributed by atoms with Gasteiger partial charge in [-0.05, 0) is 25.7 Å². The summed E-state index contributed by atoms with van der Waals surface area (Å²) in [7, 11) is 0. The number of amides is 1. The molecule has 0 unspecified atom stereocenters. The number of carbonyl (C=O) groups is 1. The molecule has 3 aliphatic rings. The molecule has 18 heavy (non-hydrogen) atoms. The molecular weight excluding hydrogens is 230 g/mol. The molecule has 5 heteroatoms. The highest BCUT2D eigenvalue weighted by atomic mass is 16.5. The number of hydrogen-bond donors (Lipinski definition) is 1. The normalized spacial score (nSPS) is 25.0. The van der Waals surface area contributed by atoms with Gasteiger partial charge in [0.15, 0.2) is 0 Å². The second kappa shape index (κ2) is 3.51. The summed E-state index contributed by atoms with van der Waals surface area (Å²) in [6.07, 6.45) is 5.67. The van der Waals surface area contributed by atoms with Gasteiger partial charge in [-0.15, -0.1) is 0 Å². The first-order chi connectivity index (χ1) is 8.79. The quantitative estimate of drug-likeness (QED) is 0.811. The Morgan fingerprint density at radius 2 is 2.11 bits per heavy atom. The summed E-state index contributed by atoms with van der Waals surface area (Å²) in [6, 6.07) is 0. The lowest BCUT2D eigenvalue weighted by Crippen LogP contribution is -2.18. The van der Waals surface area contributed by atoms with Crippen molar-refractivity contribution in [3.8, 4) is 0 Å². The summed E-state index contributed by atoms with van der Waals surface area (Å²) in [4.78, 5) is 21.0. The number of fused-ring (bicyclic) bond motifs is 2. The third-order valence-electron chi connectivity index (χ3n) is 4.33. The lowest BCUT2D eigenvalue weighted by molar-refractivity contribution is -0.117. The lowest BCUT2D eigenvalue weighted by Gasteiger charge is -2.20. The lowest BCUT2D eigenvalue weighted by atomic mass is 9.98. The predicted octanol–water partition coefficient (Wildman–Crippen LogP) is 1.35. The Kier molecular flexibility index (Phi) is 2.03. The van der Waals surface area contributed by atoms with E-state index in [0.29, 0.717) is 5.92 Å². The summed E-state index contributed by atoms with van der Waals surface area (Å²) >= 11 is 0. The van der Waals surface area contributed by atoms with Crippen molar-refractivity contribution in [3.63, 3.8) is 0 Å². The van der Waals surface area contributed by atoms with Crippen molar-refractivity contribution in [2.45, 2.75) is 37.0 Å². The Bertz CT molecular complexity index is 519. The highest BCUT2D eigenvalue weighted by Gasteiger charge is 2.57. The zero-order valence-corrected chi connectivity index (χ0v) is 10.1. The third kappa shape index (κ3) is 1.34. The van der Waals surface area contributed by atoms with Crippen LogP contribution in [0.15, 0.2) is 6.20 Å². The first kappa shape index (κ1) is 10.4. The minimum absolute atomic E-state index is 0.107. The average molecular weight is 245 g/mol. The zero-order chi connectivity index (χ0) is 12.2. The standard InChI is InChI=1S/C13H15N3O2/c17-12-13(3-4-13)9-7-14-10(15-11(9)16-12)8-1-5-18-6-2-8/h7-8H,1-6H2,(H,14,15,16,17). The number of carbonyl (C=O) groups excluding carboxylic acids is 1. The molecule has 0 aromatic carbocycles. The van der Waals surface area contributed by atoms with Gasteiger partial charge in [-0.2, -0.15) is 0 Å². The SMILES string of the molecule is O=C1Nc2nc(C3CCOCC3)ncc2C12CC2. The fourth-order valence-electron chi connectivity index (χ4n) is 2.96. The van der Waals surface area contributed by atoms with E-state index in [0.717, 1.165) is 56.1 Å². The van der Waals surface area contributed by atoms with Gasteiger partial charge >= 0.3 is 0 Å². The van der Waals surface area contributed by atoms with Gasteiger partial charge in [0.1, 0.15) is 11.6 Å². The Hall–Kier alpha value is -1.49. The molecule has 1 N–H and O–H groups in total. The summed E-state index contributed by atoms with van der Waals surface area (Å²) in [6.45, 7) is 1.56. The molecule has 2 aliphatic heterocycles. The summed E-state index contributed by atoms with van der Waals surface area (Å²) in [5.41, 5.74) is 0.729. The van der Waals surface area contributed by atoms with Gasteiger partial charge in [-0.1, -0.05) is 0 Å². The van der Waals surface area contributed by atoms with E-state index < -0.39 is 0 Å². The average Bonchev–Trinajstić information content (AvgIpc) is 3.16. The second-order valence-corrected chi connectivity index (χ2v) is 5.41. The van der Waals surface area contributed by atoms with Gasteiger partial charge in [-0.3, -0.25) is 4.79 Å². The first-order valence-electron chi connectivity index (χ1n) is 6.56. The van der Waals surface area contributed by atoms with E-state index in [1.54, 1.807) is 0 Å². The van der Waals surface area contributed by atoms with Crippen LogP contribution in [0.4, 0.5) is 5.82 Å². The molecule has 0 radical (unpaired) electrons. The summed E-state index contributed by atoms with van der Waals surface area (Å²) in [5.74, 6) is 2.08. The minimum Gasteiger partial charge on any atom is -0.381 e. The number of anilines is 1. The molecule has 1 saturated heterocycles. The Balaban J connectivity index is 1.69. The smallest absolute Gasteiger partial charge is 0.236 e. The molecule has 1 aromatic heterocycles. The van der Waals surface area contributed by atoms with Crippen LogP contribution in [-0.2, 0) is 14.9 Å². The number of nitrogens with one attached hydrogen (secondary N) is 1. The van der Waals surface area contributed by atoms with Crippen LogP contribution in [0.1, 0.15) is 43.0 Å². The molecule has 0 bridgehead atoms. The van der Waals surface area contributed by atoms with E-state index in [1.165, 1.54) is 0 Å². The van der Waals surface area contributed by atoms with E-state index in [1.807, 2.05) is 6.20 Å². The first-order valence-corrected chi connectivity index (χ1v) is 6.56. The number of nitrogens with zero attached hydrogens (tertiary/aromatic N) is 2. The molecule has 3 heterocycles. The summed E-state index contributed by atoms with van der Waals surface area (Å²) in [5, 5.41) is 2.91. The van der Waals surface area contributed by atoms with Crippen LogP contribution in [0.25, 0.3) is 0 Å². The number of aromatic nitrogens is 2. The van der Waals surface area contributed by atoms with Crippen LogP contribution in [0.5, 0.6) is 0 Å². The molecule has 5 nitrogen and oxygen atoms in total. The van der Waals surface area contributed by atoms with Gasteiger partial charge in [-0.25, -0.2) is 9.97 Å². The topological polar surface area (TPSA) is 64.1 Å². The van der Waals surface area contributed by atoms with Gasteiger partial charge < -0.3 is 10.1 Å². The Morgan fingerprint density at radius 1 is 1.33 bits per heavy atom. The van der Waals surface area contributed by atoms with Crippen LogP contribution >= 0.6 is 0 Å². The van der Waals surface area contributed by atoms with E-state index >= 15 is 0 Å². The molecule has 1 aromatic rings. The van der Waals surface area contributed by atoms with Crippen molar-refractivity contribution in [3.05, 3.63) is 17.6 Å². The molecule has 94 valence electrons. The summed E-state index contributed by atoms with van der Waals surface area (Å²) < 4.78 is 5.35. The maximum absolute atomic E-state index is 11.9. The Morgan fingerprint density at radius 3 is 2.83 bits per heavy atom. The van der Waals surface area contributed by atoms with Gasteiger partial charge in [0, 0.05) is 30.9 Å². The molecule has 0 atom stereocenters. The number of hydrogen-bond acceptors (Lipinski definition) is 4. The van der Waals surface area contributed by atoms with Crippen molar-refractivity contribution in [1.82, 2.24) is 9.97 Å². The van der Waals surface area contributed by atoms with Crippen molar-refractivity contribution < 1.29 is 9.53 Å². The van der Waals surface area contributed by atoms with Crippen LogP contribution < -0.4 is 5.32 Å². The molecular formula is C13H15N3O2. The monoisotopic (exact) mass is 245 g/mol. The number of rotatable bonds is 1. The fraction of sp³-hybridized carbons (Fsp3) is 0.615. The zero-order valence-electron chi connectivity index (χ0n) is 10.1. The van der Waals surface area contributed by atoms with Crippen LogP contribution in [0, 0.1) is 0 Å². The van der Waals surface area contributed by atoms with Crippen molar-refractivity contribution >= 4 is 11.7 Å². The highest BCUT2D eigenvalue weighted by molar-refractivity contribution is 6.07. The molecule has 1 saturated carbocycles. The van der Waals surface area contributed by atoms with E-state index in [4.69, 9.17) is 4.74 Å². The highest BCUT2D eigenvalue weighted by Crippen LogP contribution is 2.54. The van der Waals surface area contributed by atoms with Crippen molar-refractivity contribution in [1.29, 1.82) is 0 Å². The van der Waals surface area contributed by atoms with Crippen molar-refractivity contribution in [2.75, 3.05) is 18.5 Å². The Labute approximate surface area is 105 Å². The fourth-order valence-corrected chi connectivity index (χ4v) is 2.96. The van der Waals surface area contributed by atoms with Crippen LogP contribution in [0.3, 0.4) is 0 Å².